The Balaban J connectivity index is 0.00000225. The van der Waals surface area contributed by atoms with Gasteiger partial charge in [0.15, 0.2) is 0 Å². The van der Waals surface area contributed by atoms with Gasteiger partial charge in [-0.15, -0.1) is 12.4 Å². The SMILES string of the molecule is COC(=O)[C@H](C)NC(=O)C1COCCN1.Cl. The van der Waals surface area contributed by atoms with Crippen LogP contribution >= 0.6 is 12.4 Å². The number of amides is 1. The second-order valence-electron chi connectivity index (χ2n) is 3.34. The highest BCUT2D eigenvalue weighted by atomic mass is 35.5. The lowest BCUT2D eigenvalue weighted by Crippen LogP contribution is -2.54. The largest absolute Gasteiger partial charge is 0.467 e. The Morgan fingerprint density at radius 2 is 2.25 bits per heavy atom. The molecule has 16 heavy (non-hydrogen) atoms. The summed E-state index contributed by atoms with van der Waals surface area (Å²) in [6, 6.07) is -1.02. The molecule has 0 aromatic heterocycles. The van der Waals surface area contributed by atoms with Gasteiger partial charge in [0, 0.05) is 6.54 Å². The molecule has 0 bridgehead atoms. The lowest BCUT2D eigenvalue weighted by Gasteiger charge is -2.24. The van der Waals surface area contributed by atoms with Crippen LogP contribution in [0, 0.1) is 0 Å². The van der Waals surface area contributed by atoms with Crippen molar-refractivity contribution < 1.29 is 19.1 Å². The maximum Gasteiger partial charge on any atom is 0.328 e. The Morgan fingerprint density at radius 1 is 1.56 bits per heavy atom. The third-order valence-electron chi connectivity index (χ3n) is 2.15. The predicted molar refractivity (Wildman–Crippen MR) is 59.5 cm³/mol. The van der Waals surface area contributed by atoms with E-state index in [1.54, 1.807) is 6.92 Å². The van der Waals surface area contributed by atoms with E-state index >= 15 is 0 Å². The highest BCUT2D eigenvalue weighted by Gasteiger charge is 2.24. The van der Waals surface area contributed by atoms with Gasteiger partial charge in [-0.1, -0.05) is 0 Å². The van der Waals surface area contributed by atoms with Crippen LogP contribution in [0.1, 0.15) is 6.92 Å². The zero-order chi connectivity index (χ0) is 11.3. The summed E-state index contributed by atoms with van der Waals surface area (Å²) in [5.74, 6) is -0.701. The molecule has 1 heterocycles. The lowest BCUT2D eigenvalue weighted by atomic mass is 10.2. The molecule has 7 heteroatoms. The van der Waals surface area contributed by atoms with Gasteiger partial charge in [-0.05, 0) is 6.92 Å². The van der Waals surface area contributed by atoms with Gasteiger partial charge in [0.2, 0.25) is 5.91 Å². The van der Waals surface area contributed by atoms with Crippen LogP contribution in [0.25, 0.3) is 0 Å². The number of halogens is 1. The van der Waals surface area contributed by atoms with Crippen molar-refractivity contribution in [3.63, 3.8) is 0 Å². The lowest BCUT2D eigenvalue weighted by molar-refractivity contribution is -0.145. The Hall–Kier alpha value is -0.850. The first-order valence-electron chi connectivity index (χ1n) is 4.84. The summed E-state index contributed by atoms with van der Waals surface area (Å²) in [6.45, 7) is 3.16. The van der Waals surface area contributed by atoms with E-state index in [0.717, 1.165) is 0 Å². The van der Waals surface area contributed by atoms with E-state index in [4.69, 9.17) is 4.74 Å². The molecular weight excluding hydrogens is 236 g/mol. The maximum atomic E-state index is 11.6. The molecule has 1 rings (SSSR count). The minimum atomic E-state index is -0.633. The molecule has 0 aliphatic carbocycles. The van der Waals surface area contributed by atoms with Crippen LogP contribution in [0.15, 0.2) is 0 Å². The number of rotatable bonds is 3. The van der Waals surface area contributed by atoms with Crippen LogP contribution in [0.2, 0.25) is 0 Å². The normalized spacial score (nSPS) is 21.5. The molecule has 1 saturated heterocycles. The molecule has 6 nitrogen and oxygen atoms in total. The van der Waals surface area contributed by atoms with E-state index in [-0.39, 0.29) is 24.4 Å². The number of morpholine rings is 1. The van der Waals surface area contributed by atoms with Gasteiger partial charge in [0.25, 0.3) is 0 Å². The van der Waals surface area contributed by atoms with Crippen LogP contribution in [0.5, 0.6) is 0 Å². The number of nitrogens with one attached hydrogen (secondary N) is 2. The van der Waals surface area contributed by atoms with Gasteiger partial charge in [-0.25, -0.2) is 4.79 Å². The molecular formula is C9H17ClN2O4. The molecule has 2 N–H and O–H groups in total. The molecule has 94 valence electrons. The van der Waals surface area contributed by atoms with Gasteiger partial charge >= 0.3 is 5.97 Å². The molecule has 1 unspecified atom stereocenters. The summed E-state index contributed by atoms with van der Waals surface area (Å²) in [7, 11) is 1.28. The van der Waals surface area contributed by atoms with E-state index in [9.17, 15) is 9.59 Å². The first kappa shape index (κ1) is 15.2. The summed E-state index contributed by atoms with van der Waals surface area (Å²) in [5, 5.41) is 5.54. The van der Waals surface area contributed by atoms with Crippen molar-refractivity contribution >= 4 is 24.3 Å². The van der Waals surface area contributed by atoms with Crippen molar-refractivity contribution in [2.24, 2.45) is 0 Å². The molecule has 1 aliphatic heterocycles. The van der Waals surface area contributed by atoms with E-state index in [1.165, 1.54) is 7.11 Å². The molecule has 0 aromatic carbocycles. The third kappa shape index (κ3) is 4.34. The number of ether oxygens (including phenoxy) is 2. The minimum absolute atomic E-state index is 0. The highest BCUT2D eigenvalue weighted by molar-refractivity contribution is 5.87. The topological polar surface area (TPSA) is 76.7 Å². The van der Waals surface area contributed by atoms with Crippen molar-refractivity contribution in [1.82, 2.24) is 10.6 Å². The second-order valence-corrected chi connectivity index (χ2v) is 3.34. The van der Waals surface area contributed by atoms with Crippen LogP contribution in [-0.4, -0.2) is 50.8 Å². The fraction of sp³-hybridized carbons (Fsp3) is 0.778. The van der Waals surface area contributed by atoms with Gasteiger partial charge in [-0.3, -0.25) is 4.79 Å². The number of esters is 1. The zero-order valence-electron chi connectivity index (χ0n) is 9.32. The fourth-order valence-electron chi connectivity index (χ4n) is 1.28. The molecule has 1 amide bonds. The Labute approximate surface area is 100 Å². The fourth-order valence-corrected chi connectivity index (χ4v) is 1.28. The van der Waals surface area contributed by atoms with Crippen molar-refractivity contribution in [2.75, 3.05) is 26.9 Å². The minimum Gasteiger partial charge on any atom is -0.467 e. The van der Waals surface area contributed by atoms with Crippen molar-refractivity contribution in [2.45, 2.75) is 19.0 Å². The smallest absolute Gasteiger partial charge is 0.328 e. The van der Waals surface area contributed by atoms with E-state index in [1.807, 2.05) is 0 Å². The van der Waals surface area contributed by atoms with E-state index in [2.05, 4.69) is 15.4 Å². The average molecular weight is 253 g/mol. The van der Waals surface area contributed by atoms with Gasteiger partial charge in [-0.2, -0.15) is 0 Å². The Morgan fingerprint density at radius 3 is 2.75 bits per heavy atom. The van der Waals surface area contributed by atoms with Crippen molar-refractivity contribution in [1.29, 1.82) is 0 Å². The Kier molecular flexibility index (Phi) is 7.03. The third-order valence-corrected chi connectivity index (χ3v) is 2.15. The summed E-state index contributed by atoms with van der Waals surface area (Å²) in [5.41, 5.74) is 0. The summed E-state index contributed by atoms with van der Waals surface area (Å²) >= 11 is 0. The maximum absolute atomic E-state index is 11.6. The molecule has 1 fully saturated rings. The molecule has 0 spiro atoms. The summed E-state index contributed by atoms with van der Waals surface area (Å²) in [6.07, 6.45) is 0. The summed E-state index contributed by atoms with van der Waals surface area (Å²) < 4.78 is 9.63. The number of carbonyl (C=O) groups is 2. The molecule has 2 atom stereocenters. The van der Waals surface area contributed by atoms with Crippen molar-refractivity contribution in [3.05, 3.63) is 0 Å². The van der Waals surface area contributed by atoms with Crippen LogP contribution in [0.3, 0.4) is 0 Å². The van der Waals surface area contributed by atoms with Crippen LogP contribution in [0.4, 0.5) is 0 Å². The first-order valence-corrected chi connectivity index (χ1v) is 4.84. The number of methoxy groups -OCH3 is 1. The summed E-state index contributed by atoms with van der Waals surface area (Å²) in [4.78, 5) is 22.6. The average Bonchev–Trinajstić information content (AvgIpc) is 2.29. The van der Waals surface area contributed by atoms with Gasteiger partial charge in [0.1, 0.15) is 12.1 Å². The first-order chi connectivity index (χ1) is 7.15. The van der Waals surface area contributed by atoms with E-state index < -0.39 is 12.0 Å². The van der Waals surface area contributed by atoms with Crippen molar-refractivity contribution in [3.8, 4) is 0 Å². The number of carbonyl (C=O) groups excluding carboxylic acids is 2. The molecule has 1 aliphatic rings. The Bertz CT molecular complexity index is 244. The second kappa shape index (κ2) is 7.43. The van der Waals surface area contributed by atoms with Gasteiger partial charge < -0.3 is 20.1 Å². The van der Waals surface area contributed by atoms with Gasteiger partial charge in [0.05, 0.1) is 20.3 Å². The quantitative estimate of drug-likeness (QED) is 0.635. The number of hydrogen-bond donors (Lipinski definition) is 2. The molecule has 0 radical (unpaired) electrons. The monoisotopic (exact) mass is 252 g/mol. The standard InChI is InChI=1S/C9H16N2O4.ClH/c1-6(9(13)14-2)11-8(12)7-5-15-4-3-10-7;/h6-7,10H,3-5H2,1-2H3,(H,11,12);1H/t6-,7?;/m0./s1. The van der Waals surface area contributed by atoms with E-state index in [0.29, 0.717) is 19.8 Å². The molecule has 0 saturated carbocycles. The zero-order valence-corrected chi connectivity index (χ0v) is 10.1. The van der Waals surface area contributed by atoms with Crippen LogP contribution < -0.4 is 10.6 Å². The highest BCUT2D eigenvalue weighted by Crippen LogP contribution is 1.95. The number of hydrogen-bond acceptors (Lipinski definition) is 5. The predicted octanol–water partition coefficient (Wildman–Crippen LogP) is -0.926. The van der Waals surface area contributed by atoms with Crippen LogP contribution in [-0.2, 0) is 19.1 Å². The molecule has 0 aromatic rings.